The highest BCUT2D eigenvalue weighted by molar-refractivity contribution is 8.01. The lowest BCUT2D eigenvalue weighted by Gasteiger charge is -2.47. The van der Waals surface area contributed by atoms with Crippen LogP contribution < -0.4 is 0 Å². The van der Waals surface area contributed by atoms with Crippen molar-refractivity contribution in [2.75, 3.05) is 18.8 Å². The molecule has 2 saturated heterocycles. The van der Waals surface area contributed by atoms with Crippen LogP contribution in [0, 0.1) is 5.92 Å². The first-order valence-electron chi connectivity index (χ1n) is 7.98. The minimum absolute atomic E-state index is 0.259. The highest BCUT2D eigenvalue weighted by Gasteiger charge is 2.50. The van der Waals surface area contributed by atoms with Crippen LogP contribution in [0.25, 0.3) is 0 Å². The Kier molecular flexibility index (Phi) is 4.73. The van der Waals surface area contributed by atoms with Crippen molar-refractivity contribution in [3.63, 3.8) is 0 Å². The number of thioether (sulfide) groups is 1. The van der Waals surface area contributed by atoms with E-state index in [1.54, 1.807) is 12.4 Å². The number of aromatic nitrogens is 1. The van der Waals surface area contributed by atoms with Gasteiger partial charge in [-0.2, -0.15) is 0 Å². The van der Waals surface area contributed by atoms with Crippen LogP contribution in [-0.2, 0) is 16.1 Å². The summed E-state index contributed by atoms with van der Waals surface area (Å²) in [4.78, 5) is 18.1. The summed E-state index contributed by atoms with van der Waals surface area (Å²) in [5, 5.41) is 0. The zero-order valence-corrected chi connectivity index (χ0v) is 14.1. The minimum atomic E-state index is 0.259. The van der Waals surface area contributed by atoms with Gasteiger partial charge in [-0.05, 0) is 30.0 Å². The second-order valence-electron chi connectivity index (χ2n) is 6.83. The fourth-order valence-corrected chi connectivity index (χ4v) is 4.68. The number of hydrogen-bond acceptors (Lipinski definition) is 4. The number of carbonyl (C=O) groups excluding carboxylic acids is 1. The molecule has 2 aliphatic rings. The Morgan fingerprint density at radius 3 is 2.86 bits per heavy atom. The molecule has 0 aromatic carbocycles. The Morgan fingerprint density at radius 2 is 2.18 bits per heavy atom. The van der Waals surface area contributed by atoms with Crippen molar-refractivity contribution < 1.29 is 9.53 Å². The summed E-state index contributed by atoms with van der Waals surface area (Å²) in [6.45, 7) is 6.65. The van der Waals surface area contributed by atoms with Gasteiger partial charge in [0.1, 0.15) is 0 Å². The average Bonchev–Trinajstić information content (AvgIpc) is 2.88. The standard InChI is InChI=1S/C17H24N2O2S/c1-13(2)7-16(20)19-11-17(12-19)8-15(10-22-17)21-9-14-3-5-18-6-4-14/h3-6,13,15H,7-12H2,1-2H3. The van der Waals surface area contributed by atoms with Crippen LogP contribution in [0.15, 0.2) is 24.5 Å². The SMILES string of the molecule is CC(C)CC(=O)N1CC2(CC(OCc3ccncc3)CS2)C1. The van der Waals surface area contributed by atoms with Crippen LogP contribution in [0.5, 0.6) is 0 Å². The Balaban J connectivity index is 1.43. The number of carbonyl (C=O) groups is 1. The van der Waals surface area contributed by atoms with Crippen molar-refractivity contribution in [3.8, 4) is 0 Å². The van der Waals surface area contributed by atoms with Crippen LogP contribution in [0.2, 0.25) is 0 Å². The molecule has 0 saturated carbocycles. The molecule has 1 aromatic heterocycles. The maximum absolute atomic E-state index is 12.0. The smallest absolute Gasteiger partial charge is 0.222 e. The van der Waals surface area contributed by atoms with E-state index in [-0.39, 0.29) is 4.75 Å². The predicted molar refractivity (Wildman–Crippen MR) is 88.7 cm³/mol. The molecule has 4 nitrogen and oxygen atoms in total. The predicted octanol–water partition coefficient (Wildman–Crippen LogP) is 2.73. The molecule has 1 atom stereocenters. The Bertz CT molecular complexity index is 515. The third-order valence-electron chi connectivity index (χ3n) is 4.30. The zero-order valence-electron chi connectivity index (χ0n) is 13.3. The molecule has 120 valence electrons. The third kappa shape index (κ3) is 3.63. The molecular weight excluding hydrogens is 296 g/mol. The lowest BCUT2D eigenvalue weighted by Crippen LogP contribution is -2.60. The molecule has 0 radical (unpaired) electrons. The Hall–Kier alpha value is -1.07. The Labute approximate surface area is 136 Å². The van der Waals surface area contributed by atoms with Gasteiger partial charge in [0.15, 0.2) is 0 Å². The van der Waals surface area contributed by atoms with Gasteiger partial charge in [-0.25, -0.2) is 0 Å². The summed E-state index contributed by atoms with van der Waals surface area (Å²) in [5.41, 5.74) is 1.17. The second kappa shape index (κ2) is 6.59. The summed E-state index contributed by atoms with van der Waals surface area (Å²) in [5.74, 6) is 1.79. The minimum Gasteiger partial charge on any atom is -0.373 e. The van der Waals surface area contributed by atoms with E-state index in [1.165, 1.54) is 5.56 Å². The summed E-state index contributed by atoms with van der Waals surface area (Å²) in [6, 6.07) is 3.99. The number of nitrogens with zero attached hydrogens (tertiary/aromatic N) is 2. The van der Waals surface area contributed by atoms with Crippen LogP contribution in [0.1, 0.15) is 32.3 Å². The van der Waals surface area contributed by atoms with Crippen molar-refractivity contribution in [1.82, 2.24) is 9.88 Å². The van der Waals surface area contributed by atoms with Gasteiger partial charge in [0.05, 0.1) is 17.5 Å². The molecule has 1 amide bonds. The van der Waals surface area contributed by atoms with Gasteiger partial charge in [-0.1, -0.05) is 13.8 Å². The molecular formula is C17H24N2O2S. The molecule has 2 fully saturated rings. The fourth-order valence-electron chi connectivity index (χ4n) is 3.13. The van der Waals surface area contributed by atoms with Crippen LogP contribution in [-0.4, -0.2) is 45.5 Å². The topological polar surface area (TPSA) is 42.4 Å². The maximum atomic E-state index is 12.0. The van der Waals surface area contributed by atoms with Crippen molar-refractivity contribution >= 4 is 17.7 Å². The van der Waals surface area contributed by atoms with Crippen molar-refractivity contribution in [2.24, 2.45) is 5.92 Å². The maximum Gasteiger partial charge on any atom is 0.222 e. The van der Waals surface area contributed by atoms with Gasteiger partial charge >= 0.3 is 0 Å². The fraction of sp³-hybridized carbons (Fsp3) is 0.647. The molecule has 1 aromatic rings. The lowest BCUT2D eigenvalue weighted by molar-refractivity contribution is -0.137. The van der Waals surface area contributed by atoms with E-state index >= 15 is 0 Å². The van der Waals surface area contributed by atoms with E-state index in [4.69, 9.17) is 4.74 Å². The van der Waals surface area contributed by atoms with E-state index in [0.717, 1.165) is 25.3 Å². The summed E-state index contributed by atoms with van der Waals surface area (Å²) in [6.07, 6.45) is 5.64. The highest BCUT2D eigenvalue weighted by atomic mass is 32.2. The summed E-state index contributed by atoms with van der Waals surface area (Å²) >= 11 is 1.98. The normalized spacial score (nSPS) is 23.0. The first-order chi connectivity index (χ1) is 10.6. The van der Waals surface area contributed by atoms with Gasteiger partial charge in [-0.15, -0.1) is 11.8 Å². The molecule has 0 bridgehead atoms. The van der Waals surface area contributed by atoms with Crippen molar-refractivity contribution in [1.29, 1.82) is 0 Å². The molecule has 3 heterocycles. The molecule has 3 rings (SSSR count). The van der Waals surface area contributed by atoms with Gasteiger partial charge in [0.2, 0.25) is 5.91 Å². The monoisotopic (exact) mass is 320 g/mol. The number of rotatable bonds is 5. The number of pyridine rings is 1. The summed E-state index contributed by atoms with van der Waals surface area (Å²) < 4.78 is 6.29. The number of ether oxygens (including phenoxy) is 1. The zero-order chi connectivity index (χ0) is 15.6. The van der Waals surface area contributed by atoms with E-state index in [1.807, 2.05) is 28.8 Å². The largest absolute Gasteiger partial charge is 0.373 e. The van der Waals surface area contributed by atoms with E-state index in [0.29, 0.717) is 31.0 Å². The average molecular weight is 320 g/mol. The van der Waals surface area contributed by atoms with Gasteiger partial charge < -0.3 is 9.64 Å². The first-order valence-corrected chi connectivity index (χ1v) is 8.97. The van der Waals surface area contributed by atoms with E-state index < -0.39 is 0 Å². The molecule has 0 N–H and O–H groups in total. The Morgan fingerprint density at radius 1 is 1.45 bits per heavy atom. The summed E-state index contributed by atoms with van der Waals surface area (Å²) in [7, 11) is 0. The molecule has 0 aliphatic carbocycles. The van der Waals surface area contributed by atoms with Crippen LogP contribution in [0.4, 0.5) is 0 Å². The van der Waals surface area contributed by atoms with Crippen molar-refractivity contribution in [2.45, 2.75) is 44.1 Å². The lowest BCUT2D eigenvalue weighted by atomic mass is 9.92. The molecule has 22 heavy (non-hydrogen) atoms. The van der Waals surface area contributed by atoms with Gasteiger partial charge in [0.25, 0.3) is 0 Å². The van der Waals surface area contributed by atoms with Crippen molar-refractivity contribution in [3.05, 3.63) is 30.1 Å². The molecule has 1 unspecified atom stereocenters. The van der Waals surface area contributed by atoms with Crippen LogP contribution in [0.3, 0.4) is 0 Å². The van der Waals surface area contributed by atoms with Gasteiger partial charge in [-0.3, -0.25) is 9.78 Å². The first kappa shape index (κ1) is 15.8. The number of likely N-dealkylation sites (tertiary alicyclic amines) is 1. The number of amides is 1. The molecule has 1 spiro atoms. The van der Waals surface area contributed by atoms with E-state index in [9.17, 15) is 4.79 Å². The van der Waals surface area contributed by atoms with Gasteiger partial charge in [0, 0.05) is 37.7 Å². The quantitative estimate of drug-likeness (QED) is 0.836. The number of hydrogen-bond donors (Lipinski definition) is 0. The highest BCUT2D eigenvalue weighted by Crippen LogP contribution is 2.46. The van der Waals surface area contributed by atoms with E-state index in [2.05, 4.69) is 18.8 Å². The second-order valence-corrected chi connectivity index (χ2v) is 8.32. The van der Waals surface area contributed by atoms with Crippen LogP contribution >= 0.6 is 11.8 Å². The molecule has 5 heteroatoms. The molecule has 2 aliphatic heterocycles. The third-order valence-corrected chi connectivity index (χ3v) is 5.88.